The minimum Gasteiger partial charge on any atom is -0.494 e. The summed E-state index contributed by atoms with van der Waals surface area (Å²) in [6.45, 7) is 7.21. The first kappa shape index (κ1) is 22.5. The van der Waals surface area contributed by atoms with Crippen LogP contribution in [0.5, 0.6) is 17.2 Å². The standard InChI is InChI=1S/C22H22ClNO4S2/c1-4-26-16-9-7-15(8-10-16)24-21(25)19(30-22(24)29)13-14-11-17(23)20(28-6-3)18(12-14)27-5-2/h7-13H,4-6H2,1-3H3/b19-13+. The van der Waals surface area contributed by atoms with Crippen molar-refractivity contribution in [2.24, 2.45) is 0 Å². The summed E-state index contributed by atoms with van der Waals surface area (Å²) in [4.78, 5) is 15.1. The van der Waals surface area contributed by atoms with Crippen LogP contribution in [-0.4, -0.2) is 30.0 Å². The molecule has 8 heteroatoms. The molecular weight excluding hydrogens is 442 g/mol. The smallest absolute Gasteiger partial charge is 0.270 e. The third-order valence-electron chi connectivity index (χ3n) is 4.12. The van der Waals surface area contributed by atoms with E-state index in [2.05, 4.69) is 0 Å². The predicted octanol–water partition coefficient (Wildman–Crippen LogP) is 5.94. The third-order valence-corrected chi connectivity index (χ3v) is 5.70. The summed E-state index contributed by atoms with van der Waals surface area (Å²) < 4.78 is 17.2. The molecule has 0 atom stereocenters. The Kier molecular flexibility index (Phi) is 7.64. The number of amides is 1. The number of ether oxygens (including phenoxy) is 3. The quantitative estimate of drug-likeness (QED) is 0.356. The van der Waals surface area contributed by atoms with Crippen molar-refractivity contribution in [2.75, 3.05) is 24.7 Å². The highest BCUT2D eigenvalue weighted by atomic mass is 35.5. The minimum atomic E-state index is -0.183. The summed E-state index contributed by atoms with van der Waals surface area (Å²) in [5.41, 5.74) is 1.43. The molecule has 0 N–H and O–H groups in total. The van der Waals surface area contributed by atoms with Crippen LogP contribution in [-0.2, 0) is 4.79 Å². The topological polar surface area (TPSA) is 48.0 Å². The number of thioether (sulfide) groups is 1. The molecule has 0 unspecified atom stereocenters. The van der Waals surface area contributed by atoms with Crippen molar-refractivity contribution >= 4 is 57.6 Å². The van der Waals surface area contributed by atoms with Gasteiger partial charge in [0.2, 0.25) is 0 Å². The summed E-state index contributed by atoms with van der Waals surface area (Å²) in [6.07, 6.45) is 1.76. The van der Waals surface area contributed by atoms with Crippen molar-refractivity contribution in [1.29, 1.82) is 0 Å². The van der Waals surface area contributed by atoms with Crippen LogP contribution in [0.4, 0.5) is 5.69 Å². The van der Waals surface area contributed by atoms with Crippen molar-refractivity contribution < 1.29 is 19.0 Å². The van der Waals surface area contributed by atoms with Gasteiger partial charge in [0.25, 0.3) is 5.91 Å². The van der Waals surface area contributed by atoms with Crippen LogP contribution in [0.25, 0.3) is 6.08 Å². The predicted molar refractivity (Wildman–Crippen MR) is 127 cm³/mol. The van der Waals surface area contributed by atoms with E-state index in [4.69, 9.17) is 38.0 Å². The van der Waals surface area contributed by atoms with E-state index in [1.807, 2.05) is 51.1 Å². The molecule has 2 aromatic carbocycles. The molecule has 1 heterocycles. The van der Waals surface area contributed by atoms with Gasteiger partial charge >= 0.3 is 0 Å². The largest absolute Gasteiger partial charge is 0.494 e. The van der Waals surface area contributed by atoms with Crippen LogP contribution >= 0.6 is 35.6 Å². The van der Waals surface area contributed by atoms with E-state index >= 15 is 0 Å². The molecule has 0 bridgehead atoms. The molecule has 158 valence electrons. The van der Waals surface area contributed by atoms with Gasteiger partial charge in [0.15, 0.2) is 15.8 Å². The van der Waals surface area contributed by atoms with Crippen molar-refractivity contribution in [3.05, 3.63) is 51.9 Å². The van der Waals surface area contributed by atoms with Gasteiger partial charge in [-0.3, -0.25) is 9.69 Å². The number of halogens is 1. The lowest BCUT2D eigenvalue weighted by atomic mass is 10.1. The van der Waals surface area contributed by atoms with Gasteiger partial charge in [-0.2, -0.15) is 0 Å². The number of hydrogen-bond donors (Lipinski definition) is 0. The first-order chi connectivity index (χ1) is 14.5. The summed E-state index contributed by atoms with van der Waals surface area (Å²) in [5, 5.41) is 0.427. The fraction of sp³-hybridized carbons (Fsp3) is 0.273. The van der Waals surface area contributed by atoms with E-state index in [-0.39, 0.29) is 5.91 Å². The molecule has 0 spiro atoms. The lowest BCUT2D eigenvalue weighted by Crippen LogP contribution is -2.27. The average molecular weight is 464 g/mol. The van der Waals surface area contributed by atoms with Gasteiger partial charge in [-0.05, 0) is 68.8 Å². The maximum atomic E-state index is 13.0. The first-order valence-corrected chi connectivity index (χ1v) is 11.2. The van der Waals surface area contributed by atoms with Crippen LogP contribution in [0.1, 0.15) is 26.3 Å². The zero-order valence-corrected chi connectivity index (χ0v) is 19.3. The summed E-state index contributed by atoms with van der Waals surface area (Å²) >= 11 is 13.1. The zero-order chi connectivity index (χ0) is 21.7. The van der Waals surface area contributed by atoms with Gasteiger partial charge < -0.3 is 14.2 Å². The number of rotatable bonds is 8. The number of benzene rings is 2. The van der Waals surface area contributed by atoms with Gasteiger partial charge in [-0.15, -0.1) is 0 Å². The molecule has 1 fully saturated rings. The Labute approximate surface area is 190 Å². The zero-order valence-electron chi connectivity index (χ0n) is 16.9. The van der Waals surface area contributed by atoms with Gasteiger partial charge in [0, 0.05) is 0 Å². The van der Waals surface area contributed by atoms with Crippen LogP contribution in [0.15, 0.2) is 41.3 Å². The molecule has 5 nitrogen and oxygen atoms in total. The maximum absolute atomic E-state index is 13.0. The fourth-order valence-electron chi connectivity index (χ4n) is 2.92. The summed E-state index contributed by atoms with van der Waals surface area (Å²) in [7, 11) is 0. The van der Waals surface area contributed by atoms with Crippen LogP contribution in [0, 0.1) is 0 Å². The van der Waals surface area contributed by atoms with E-state index in [0.717, 1.165) is 11.3 Å². The molecule has 0 saturated carbocycles. The highest BCUT2D eigenvalue weighted by molar-refractivity contribution is 8.27. The Morgan fingerprint density at radius 2 is 1.70 bits per heavy atom. The van der Waals surface area contributed by atoms with Crippen LogP contribution < -0.4 is 19.1 Å². The molecule has 0 radical (unpaired) electrons. The lowest BCUT2D eigenvalue weighted by Gasteiger charge is -2.15. The summed E-state index contributed by atoms with van der Waals surface area (Å²) in [5.74, 6) is 1.60. The maximum Gasteiger partial charge on any atom is 0.270 e. The lowest BCUT2D eigenvalue weighted by molar-refractivity contribution is -0.113. The number of carbonyl (C=O) groups is 1. The average Bonchev–Trinajstić information content (AvgIpc) is 2.99. The number of hydrogen-bond acceptors (Lipinski definition) is 6. The number of anilines is 1. The number of carbonyl (C=O) groups excluding carboxylic acids is 1. The van der Waals surface area contributed by atoms with Crippen LogP contribution in [0.3, 0.4) is 0 Å². The van der Waals surface area contributed by atoms with Gasteiger partial charge in [0.05, 0.1) is 35.4 Å². The van der Waals surface area contributed by atoms with Gasteiger partial charge in [0.1, 0.15) is 5.75 Å². The second-order valence-corrected chi connectivity index (χ2v) is 8.22. The molecular formula is C22H22ClNO4S2. The normalized spacial score (nSPS) is 15.1. The number of thiocarbonyl (C=S) groups is 1. The minimum absolute atomic E-state index is 0.183. The van der Waals surface area contributed by atoms with E-state index in [1.165, 1.54) is 16.7 Å². The Morgan fingerprint density at radius 3 is 2.33 bits per heavy atom. The Balaban J connectivity index is 1.89. The Morgan fingerprint density at radius 1 is 1.03 bits per heavy atom. The van der Waals surface area contributed by atoms with E-state index < -0.39 is 0 Å². The van der Waals surface area contributed by atoms with Gasteiger partial charge in [-0.25, -0.2) is 0 Å². The highest BCUT2D eigenvalue weighted by Crippen LogP contribution is 2.40. The molecule has 30 heavy (non-hydrogen) atoms. The molecule has 0 aromatic heterocycles. The third kappa shape index (κ3) is 4.91. The molecule has 3 rings (SSSR count). The van der Waals surface area contributed by atoms with E-state index in [0.29, 0.717) is 51.3 Å². The molecule has 1 saturated heterocycles. The number of nitrogens with zero attached hydrogens (tertiary/aromatic N) is 1. The molecule has 2 aromatic rings. The summed E-state index contributed by atoms with van der Waals surface area (Å²) in [6, 6.07) is 10.8. The van der Waals surface area contributed by atoms with Crippen molar-refractivity contribution in [1.82, 2.24) is 0 Å². The Bertz CT molecular complexity index is 976. The monoisotopic (exact) mass is 463 g/mol. The second-order valence-electron chi connectivity index (χ2n) is 6.14. The molecule has 0 aliphatic carbocycles. The van der Waals surface area contributed by atoms with Crippen molar-refractivity contribution in [3.63, 3.8) is 0 Å². The Hall–Kier alpha value is -2.22. The first-order valence-electron chi connectivity index (χ1n) is 9.58. The fourth-order valence-corrected chi connectivity index (χ4v) is 4.49. The van der Waals surface area contributed by atoms with E-state index in [9.17, 15) is 4.79 Å². The second kappa shape index (κ2) is 10.2. The molecule has 1 aliphatic heterocycles. The SMILES string of the molecule is CCOc1ccc(N2C(=O)/C(=C\c3cc(Cl)c(OCC)c(OCC)c3)SC2=S)cc1. The van der Waals surface area contributed by atoms with E-state index in [1.54, 1.807) is 12.1 Å². The molecule has 1 aliphatic rings. The van der Waals surface area contributed by atoms with Crippen molar-refractivity contribution in [2.45, 2.75) is 20.8 Å². The molecule has 1 amide bonds. The van der Waals surface area contributed by atoms with Gasteiger partial charge in [-0.1, -0.05) is 35.6 Å². The van der Waals surface area contributed by atoms with Crippen molar-refractivity contribution in [3.8, 4) is 17.2 Å². The van der Waals surface area contributed by atoms with Crippen LogP contribution in [0.2, 0.25) is 5.02 Å². The highest BCUT2D eigenvalue weighted by Gasteiger charge is 2.33.